The van der Waals surface area contributed by atoms with Crippen molar-refractivity contribution in [2.75, 3.05) is 0 Å². The van der Waals surface area contributed by atoms with Crippen molar-refractivity contribution in [1.82, 2.24) is 10.2 Å². The summed E-state index contributed by atoms with van der Waals surface area (Å²) in [5, 5.41) is 7.14. The van der Waals surface area contributed by atoms with Gasteiger partial charge >= 0.3 is 6.18 Å². The minimum Gasteiger partial charge on any atom is -0.419 e. The molecule has 0 saturated heterocycles. The SMILES string of the molecule is CCC(N)c1nnc(-c2cccc(C(F)(F)F)c2F)o1. The van der Waals surface area contributed by atoms with E-state index in [4.69, 9.17) is 10.2 Å². The molecule has 0 fully saturated rings. The maximum Gasteiger partial charge on any atom is 0.419 e. The lowest BCUT2D eigenvalue weighted by Gasteiger charge is -2.09. The number of nitrogens with two attached hydrogens (primary N) is 1. The average molecular weight is 289 g/mol. The Morgan fingerprint density at radius 1 is 1.30 bits per heavy atom. The van der Waals surface area contributed by atoms with Gasteiger partial charge in [0.05, 0.1) is 17.2 Å². The summed E-state index contributed by atoms with van der Waals surface area (Å²) in [5.74, 6) is -1.72. The number of hydrogen-bond acceptors (Lipinski definition) is 4. The highest BCUT2D eigenvalue weighted by molar-refractivity contribution is 5.55. The molecule has 8 heteroatoms. The van der Waals surface area contributed by atoms with Crippen LogP contribution >= 0.6 is 0 Å². The van der Waals surface area contributed by atoms with E-state index in [1.54, 1.807) is 6.92 Å². The first-order valence-corrected chi connectivity index (χ1v) is 5.79. The smallest absolute Gasteiger partial charge is 0.419 e. The molecule has 0 radical (unpaired) electrons. The van der Waals surface area contributed by atoms with Crippen molar-refractivity contribution in [2.45, 2.75) is 25.6 Å². The van der Waals surface area contributed by atoms with Crippen molar-refractivity contribution in [3.63, 3.8) is 0 Å². The molecule has 1 unspecified atom stereocenters. The molecule has 20 heavy (non-hydrogen) atoms. The van der Waals surface area contributed by atoms with Gasteiger partial charge in [-0.25, -0.2) is 4.39 Å². The van der Waals surface area contributed by atoms with E-state index in [1.807, 2.05) is 0 Å². The van der Waals surface area contributed by atoms with Gasteiger partial charge in [0.25, 0.3) is 5.89 Å². The third-order valence-electron chi connectivity index (χ3n) is 2.73. The number of benzene rings is 1. The number of aromatic nitrogens is 2. The average Bonchev–Trinajstić information content (AvgIpc) is 2.86. The van der Waals surface area contributed by atoms with Crippen LogP contribution in [0.3, 0.4) is 0 Å². The first kappa shape index (κ1) is 14.4. The summed E-state index contributed by atoms with van der Waals surface area (Å²) in [6.45, 7) is 1.78. The molecule has 0 spiro atoms. The molecule has 0 aliphatic rings. The van der Waals surface area contributed by atoms with E-state index in [0.29, 0.717) is 12.5 Å². The van der Waals surface area contributed by atoms with Gasteiger partial charge in [0.15, 0.2) is 0 Å². The van der Waals surface area contributed by atoms with E-state index < -0.39 is 29.2 Å². The van der Waals surface area contributed by atoms with Crippen LogP contribution in [-0.4, -0.2) is 10.2 Å². The number of hydrogen-bond donors (Lipinski definition) is 1. The zero-order valence-corrected chi connectivity index (χ0v) is 10.4. The van der Waals surface area contributed by atoms with Crippen LogP contribution in [0.2, 0.25) is 0 Å². The zero-order chi connectivity index (χ0) is 14.9. The van der Waals surface area contributed by atoms with Crippen LogP contribution in [0.15, 0.2) is 22.6 Å². The number of nitrogens with zero attached hydrogens (tertiary/aromatic N) is 2. The molecular weight excluding hydrogens is 278 g/mol. The molecule has 0 aliphatic heterocycles. The predicted molar refractivity (Wildman–Crippen MR) is 61.9 cm³/mol. The highest BCUT2D eigenvalue weighted by Gasteiger charge is 2.35. The van der Waals surface area contributed by atoms with Crippen molar-refractivity contribution in [1.29, 1.82) is 0 Å². The molecule has 0 aliphatic carbocycles. The van der Waals surface area contributed by atoms with Crippen LogP contribution in [-0.2, 0) is 6.18 Å². The van der Waals surface area contributed by atoms with E-state index in [0.717, 1.165) is 12.1 Å². The van der Waals surface area contributed by atoms with Crippen LogP contribution in [0.1, 0.15) is 30.8 Å². The Morgan fingerprint density at radius 2 is 2.00 bits per heavy atom. The van der Waals surface area contributed by atoms with Gasteiger partial charge in [-0.05, 0) is 18.6 Å². The van der Waals surface area contributed by atoms with E-state index in [-0.39, 0.29) is 11.8 Å². The fourth-order valence-corrected chi connectivity index (χ4v) is 1.58. The van der Waals surface area contributed by atoms with Gasteiger partial charge in [0.1, 0.15) is 5.82 Å². The monoisotopic (exact) mass is 289 g/mol. The minimum absolute atomic E-state index is 0.0549. The van der Waals surface area contributed by atoms with Crippen LogP contribution in [0.4, 0.5) is 17.6 Å². The zero-order valence-electron chi connectivity index (χ0n) is 10.4. The topological polar surface area (TPSA) is 64.9 Å². The number of alkyl halides is 3. The second kappa shape index (κ2) is 5.20. The van der Waals surface area contributed by atoms with E-state index in [2.05, 4.69) is 10.2 Å². The molecule has 2 aromatic rings. The normalized spacial score (nSPS) is 13.5. The predicted octanol–water partition coefficient (Wildman–Crippen LogP) is 3.30. The highest BCUT2D eigenvalue weighted by atomic mass is 19.4. The Hall–Kier alpha value is -1.96. The highest BCUT2D eigenvalue weighted by Crippen LogP contribution is 2.35. The Bertz CT molecular complexity index is 609. The van der Waals surface area contributed by atoms with E-state index >= 15 is 0 Å². The van der Waals surface area contributed by atoms with Crippen LogP contribution in [0.5, 0.6) is 0 Å². The third-order valence-corrected chi connectivity index (χ3v) is 2.73. The molecule has 1 aromatic heterocycles. The van der Waals surface area contributed by atoms with E-state index in [1.165, 1.54) is 0 Å². The third kappa shape index (κ3) is 2.64. The molecule has 4 nitrogen and oxygen atoms in total. The molecule has 0 saturated carbocycles. The van der Waals surface area contributed by atoms with Crippen molar-refractivity contribution in [3.05, 3.63) is 35.5 Å². The lowest BCUT2D eigenvalue weighted by molar-refractivity contribution is -0.139. The van der Waals surface area contributed by atoms with Gasteiger partial charge < -0.3 is 10.2 Å². The lowest BCUT2D eigenvalue weighted by atomic mass is 10.1. The molecule has 0 bridgehead atoms. The summed E-state index contributed by atoms with van der Waals surface area (Å²) in [6, 6.07) is 2.32. The maximum absolute atomic E-state index is 13.9. The fraction of sp³-hybridized carbons (Fsp3) is 0.333. The van der Waals surface area contributed by atoms with Gasteiger partial charge in [-0.2, -0.15) is 13.2 Å². The number of halogens is 4. The molecule has 2 rings (SSSR count). The van der Waals surface area contributed by atoms with Crippen molar-refractivity contribution >= 4 is 0 Å². The Labute approximate surface area is 111 Å². The summed E-state index contributed by atoms with van der Waals surface area (Å²) >= 11 is 0. The van der Waals surface area contributed by atoms with Crippen molar-refractivity contribution < 1.29 is 22.0 Å². The molecule has 108 valence electrons. The van der Waals surface area contributed by atoms with Gasteiger partial charge in [-0.15, -0.1) is 10.2 Å². The Kier molecular flexibility index (Phi) is 3.76. The van der Waals surface area contributed by atoms with Gasteiger partial charge in [-0.1, -0.05) is 13.0 Å². The summed E-state index contributed by atoms with van der Waals surface area (Å²) in [6.07, 6.45) is -4.28. The van der Waals surface area contributed by atoms with Gasteiger partial charge in [-0.3, -0.25) is 0 Å². The van der Waals surface area contributed by atoms with E-state index in [9.17, 15) is 17.6 Å². The molecule has 0 amide bonds. The summed E-state index contributed by atoms with van der Waals surface area (Å²) in [5.41, 5.74) is 3.87. The second-order valence-corrected chi connectivity index (χ2v) is 4.13. The largest absolute Gasteiger partial charge is 0.419 e. The molecule has 2 N–H and O–H groups in total. The molecule has 1 heterocycles. The summed E-state index contributed by atoms with van der Waals surface area (Å²) < 4.78 is 56.8. The second-order valence-electron chi connectivity index (χ2n) is 4.13. The lowest BCUT2D eigenvalue weighted by Crippen LogP contribution is -2.09. The maximum atomic E-state index is 13.9. The Morgan fingerprint density at radius 3 is 2.60 bits per heavy atom. The standard InChI is InChI=1S/C12H11F4N3O/c1-2-8(17)11-19-18-10(20-11)6-4-3-5-7(9(6)13)12(14,15)16/h3-5,8H,2,17H2,1H3. The van der Waals surface area contributed by atoms with Gasteiger partial charge in [0.2, 0.25) is 5.89 Å². The molecular formula is C12H11F4N3O. The van der Waals surface area contributed by atoms with Crippen molar-refractivity contribution in [3.8, 4) is 11.5 Å². The van der Waals surface area contributed by atoms with Crippen LogP contribution in [0, 0.1) is 5.82 Å². The number of rotatable bonds is 3. The van der Waals surface area contributed by atoms with Crippen molar-refractivity contribution in [2.24, 2.45) is 5.73 Å². The van der Waals surface area contributed by atoms with Gasteiger partial charge in [0, 0.05) is 0 Å². The Balaban J connectivity index is 2.46. The van der Waals surface area contributed by atoms with Crippen LogP contribution in [0.25, 0.3) is 11.5 Å². The minimum atomic E-state index is -4.79. The van der Waals surface area contributed by atoms with Crippen LogP contribution < -0.4 is 5.73 Å². The summed E-state index contributed by atoms with van der Waals surface area (Å²) in [4.78, 5) is 0. The molecule has 1 aromatic carbocycles. The first-order valence-electron chi connectivity index (χ1n) is 5.79. The fourth-order valence-electron chi connectivity index (χ4n) is 1.58. The molecule has 1 atom stereocenters. The quantitative estimate of drug-likeness (QED) is 0.880. The summed E-state index contributed by atoms with van der Waals surface area (Å²) in [7, 11) is 0. The first-order chi connectivity index (χ1) is 9.34.